The second-order valence-electron chi connectivity index (χ2n) is 3.17. The fourth-order valence-corrected chi connectivity index (χ4v) is 2.73. The third-order valence-corrected chi connectivity index (χ3v) is 3.20. The van der Waals surface area contributed by atoms with Gasteiger partial charge in [0.05, 0.1) is 5.56 Å². The Labute approximate surface area is 111 Å². The first-order valence-corrected chi connectivity index (χ1v) is 6.07. The molecule has 0 bridgehead atoms. The Morgan fingerprint density at radius 1 is 1.18 bits per heavy atom. The van der Waals surface area contributed by atoms with Crippen molar-refractivity contribution in [3.05, 3.63) is 46.1 Å². The fraction of sp³-hybridized carbons (Fsp3) is 0. The monoisotopic (exact) mass is 288 g/mol. The Balaban J connectivity index is 2.22. The lowest BCUT2D eigenvalue weighted by atomic mass is 10.4. The SMILES string of the molecule is O=C(O)c1coc(Sc2cc(Cl)cc(Cl)c2)c1. The average Bonchev–Trinajstić information content (AvgIpc) is 2.64. The Kier molecular flexibility index (Phi) is 3.66. The van der Waals surface area contributed by atoms with Gasteiger partial charge in [0.25, 0.3) is 0 Å². The highest BCUT2D eigenvalue weighted by Gasteiger charge is 2.10. The van der Waals surface area contributed by atoms with Crippen LogP contribution in [0, 0.1) is 0 Å². The van der Waals surface area contributed by atoms with Crippen LogP contribution in [0.25, 0.3) is 0 Å². The number of carbonyl (C=O) groups is 1. The van der Waals surface area contributed by atoms with Crippen molar-refractivity contribution in [3.63, 3.8) is 0 Å². The van der Waals surface area contributed by atoms with Gasteiger partial charge in [-0.1, -0.05) is 35.0 Å². The van der Waals surface area contributed by atoms with Gasteiger partial charge in [0.15, 0.2) is 5.09 Å². The molecule has 1 aromatic carbocycles. The number of halogens is 2. The molecule has 0 atom stereocenters. The van der Waals surface area contributed by atoms with Gasteiger partial charge in [0, 0.05) is 21.0 Å². The first kappa shape index (κ1) is 12.4. The summed E-state index contributed by atoms with van der Waals surface area (Å²) >= 11 is 13.0. The van der Waals surface area contributed by atoms with E-state index in [9.17, 15) is 4.79 Å². The summed E-state index contributed by atoms with van der Waals surface area (Å²) < 4.78 is 5.11. The van der Waals surface area contributed by atoms with E-state index < -0.39 is 5.97 Å². The molecule has 0 radical (unpaired) electrons. The third kappa shape index (κ3) is 3.19. The first-order chi connectivity index (χ1) is 8.04. The van der Waals surface area contributed by atoms with Crippen LogP contribution in [0.3, 0.4) is 0 Å². The molecule has 2 rings (SSSR count). The topological polar surface area (TPSA) is 50.4 Å². The highest BCUT2D eigenvalue weighted by molar-refractivity contribution is 7.99. The smallest absolute Gasteiger partial charge is 0.339 e. The van der Waals surface area contributed by atoms with Crippen LogP contribution in [-0.4, -0.2) is 11.1 Å². The molecule has 3 nitrogen and oxygen atoms in total. The van der Waals surface area contributed by atoms with Crippen LogP contribution in [0.4, 0.5) is 0 Å². The number of benzene rings is 1. The van der Waals surface area contributed by atoms with E-state index in [1.165, 1.54) is 24.1 Å². The number of hydrogen-bond acceptors (Lipinski definition) is 3. The van der Waals surface area contributed by atoms with Crippen LogP contribution in [-0.2, 0) is 0 Å². The maximum Gasteiger partial charge on any atom is 0.339 e. The number of hydrogen-bond donors (Lipinski definition) is 1. The molecule has 0 fully saturated rings. The third-order valence-electron chi connectivity index (χ3n) is 1.88. The van der Waals surface area contributed by atoms with Gasteiger partial charge in [-0.15, -0.1) is 0 Å². The van der Waals surface area contributed by atoms with Crippen LogP contribution in [0.1, 0.15) is 10.4 Å². The minimum atomic E-state index is -1.02. The second-order valence-corrected chi connectivity index (χ2v) is 5.12. The van der Waals surface area contributed by atoms with Crippen molar-refractivity contribution in [2.24, 2.45) is 0 Å². The molecular formula is C11H6Cl2O3S. The number of carboxylic acids is 1. The molecule has 1 N–H and O–H groups in total. The minimum Gasteiger partial charge on any atom is -0.478 e. The summed E-state index contributed by atoms with van der Waals surface area (Å²) in [5, 5.41) is 10.3. The minimum absolute atomic E-state index is 0.112. The van der Waals surface area contributed by atoms with E-state index in [1.807, 2.05) is 0 Å². The standard InChI is InChI=1S/C11H6Cl2O3S/c12-7-2-8(13)4-9(3-7)17-10-1-6(5-16-10)11(14)15/h1-5H,(H,14,15). The molecule has 0 saturated heterocycles. The molecule has 0 aliphatic heterocycles. The Hall–Kier alpha value is -1.10. The molecule has 0 saturated carbocycles. The quantitative estimate of drug-likeness (QED) is 0.907. The van der Waals surface area contributed by atoms with Crippen LogP contribution >= 0.6 is 35.0 Å². The highest BCUT2D eigenvalue weighted by Crippen LogP contribution is 2.32. The molecule has 2 aromatic rings. The molecule has 0 aliphatic rings. The Bertz CT molecular complexity index is 545. The van der Waals surface area contributed by atoms with Crippen LogP contribution < -0.4 is 0 Å². The molecule has 1 aromatic heterocycles. The van der Waals surface area contributed by atoms with E-state index in [0.29, 0.717) is 15.1 Å². The highest BCUT2D eigenvalue weighted by atomic mass is 35.5. The van der Waals surface area contributed by atoms with Gasteiger partial charge in [-0.05, 0) is 18.2 Å². The van der Waals surface area contributed by atoms with Gasteiger partial charge in [0.1, 0.15) is 6.26 Å². The zero-order valence-electron chi connectivity index (χ0n) is 8.31. The summed E-state index contributed by atoms with van der Waals surface area (Å²) in [5.74, 6) is -1.02. The van der Waals surface area contributed by atoms with Crippen molar-refractivity contribution in [1.82, 2.24) is 0 Å². The van der Waals surface area contributed by atoms with Gasteiger partial charge >= 0.3 is 5.97 Å². The number of furan rings is 1. The van der Waals surface area contributed by atoms with Crippen molar-refractivity contribution < 1.29 is 14.3 Å². The normalized spacial score (nSPS) is 10.5. The lowest BCUT2D eigenvalue weighted by Gasteiger charge is -1.99. The molecule has 88 valence electrons. The maximum atomic E-state index is 10.7. The van der Waals surface area contributed by atoms with Gasteiger partial charge < -0.3 is 9.52 Å². The summed E-state index contributed by atoms with van der Waals surface area (Å²) in [7, 11) is 0. The molecule has 6 heteroatoms. The van der Waals surface area contributed by atoms with Gasteiger partial charge in [-0.25, -0.2) is 4.79 Å². The van der Waals surface area contributed by atoms with Crippen LogP contribution in [0.5, 0.6) is 0 Å². The van der Waals surface area contributed by atoms with E-state index in [1.54, 1.807) is 18.2 Å². The van der Waals surface area contributed by atoms with Crippen molar-refractivity contribution >= 4 is 40.9 Å². The maximum absolute atomic E-state index is 10.7. The first-order valence-electron chi connectivity index (χ1n) is 4.50. The molecule has 1 heterocycles. The van der Waals surface area contributed by atoms with Crippen molar-refractivity contribution in [3.8, 4) is 0 Å². The van der Waals surface area contributed by atoms with E-state index in [4.69, 9.17) is 32.7 Å². The van der Waals surface area contributed by atoms with E-state index in [2.05, 4.69) is 0 Å². The summed E-state index contributed by atoms with van der Waals surface area (Å²) in [6.07, 6.45) is 1.19. The zero-order chi connectivity index (χ0) is 12.4. The molecule has 17 heavy (non-hydrogen) atoms. The van der Waals surface area contributed by atoms with Crippen LogP contribution in [0.15, 0.2) is 44.9 Å². The lowest BCUT2D eigenvalue weighted by molar-refractivity contribution is 0.0696. The van der Waals surface area contributed by atoms with Crippen molar-refractivity contribution in [2.45, 2.75) is 9.99 Å². The van der Waals surface area contributed by atoms with E-state index in [0.717, 1.165) is 4.90 Å². The summed E-state index contributed by atoms with van der Waals surface area (Å²) in [6, 6.07) is 6.52. The lowest BCUT2D eigenvalue weighted by Crippen LogP contribution is -1.91. The number of carboxylic acid groups (broad SMARTS) is 1. The van der Waals surface area contributed by atoms with E-state index >= 15 is 0 Å². The predicted molar refractivity (Wildman–Crippen MR) is 66.3 cm³/mol. The predicted octanol–water partition coefficient (Wildman–Crippen LogP) is 4.44. The van der Waals surface area contributed by atoms with Gasteiger partial charge in [-0.3, -0.25) is 0 Å². The summed E-state index contributed by atoms with van der Waals surface area (Å²) in [5.41, 5.74) is 0.112. The fourth-order valence-electron chi connectivity index (χ4n) is 1.19. The molecule has 0 unspecified atom stereocenters. The number of rotatable bonds is 3. The van der Waals surface area contributed by atoms with Crippen molar-refractivity contribution in [1.29, 1.82) is 0 Å². The summed E-state index contributed by atoms with van der Waals surface area (Å²) in [4.78, 5) is 11.4. The second kappa shape index (κ2) is 5.04. The Morgan fingerprint density at radius 3 is 2.35 bits per heavy atom. The Morgan fingerprint density at radius 2 is 1.82 bits per heavy atom. The van der Waals surface area contributed by atoms with Crippen LogP contribution in [0.2, 0.25) is 10.0 Å². The zero-order valence-corrected chi connectivity index (χ0v) is 10.6. The largest absolute Gasteiger partial charge is 0.478 e. The van der Waals surface area contributed by atoms with Gasteiger partial charge in [0.2, 0.25) is 0 Å². The van der Waals surface area contributed by atoms with E-state index in [-0.39, 0.29) is 5.56 Å². The molecule has 0 spiro atoms. The molecule has 0 aliphatic carbocycles. The van der Waals surface area contributed by atoms with Crippen molar-refractivity contribution in [2.75, 3.05) is 0 Å². The summed E-state index contributed by atoms with van der Waals surface area (Å²) in [6.45, 7) is 0. The number of aromatic carboxylic acids is 1. The molecular weight excluding hydrogens is 283 g/mol. The average molecular weight is 289 g/mol. The van der Waals surface area contributed by atoms with Gasteiger partial charge in [-0.2, -0.15) is 0 Å². The molecule has 0 amide bonds.